The fourth-order valence-corrected chi connectivity index (χ4v) is 4.27. The predicted octanol–water partition coefficient (Wildman–Crippen LogP) is 7.45. The van der Waals surface area contributed by atoms with E-state index in [4.69, 9.17) is 4.74 Å². The third kappa shape index (κ3) is 5.39. The Labute approximate surface area is 202 Å². The Hall–Kier alpha value is -4.22. The van der Waals surface area contributed by atoms with E-state index < -0.39 is 0 Å². The monoisotopic (exact) mass is 462 g/mol. The van der Waals surface area contributed by atoms with E-state index in [1.54, 1.807) is 0 Å². The van der Waals surface area contributed by atoms with Crippen molar-refractivity contribution >= 4 is 22.4 Å². The van der Waals surface area contributed by atoms with Gasteiger partial charge in [0.05, 0.1) is 5.69 Å². The summed E-state index contributed by atoms with van der Waals surface area (Å²) in [6, 6.07) is 35.4. The van der Waals surface area contributed by atoms with Gasteiger partial charge in [0.15, 0.2) is 5.13 Å². The van der Waals surface area contributed by atoms with Gasteiger partial charge in [-0.15, -0.1) is 11.3 Å². The van der Waals surface area contributed by atoms with Crippen molar-refractivity contribution in [2.24, 2.45) is 0 Å². The van der Waals surface area contributed by atoms with Gasteiger partial charge >= 0.3 is 0 Å². The number of nitrogens with zero attached hydrogens (tertiary/aromatic N) is 1. The number of hydrogen-bond donors (Lipinski definition) is 1. The van der Waals surface area contributed by atoms with Crippen molar-refractivity contribution in [3.8, 4) is 22.8 Å². The summed E-state index contributed by atoms with van der Waals surface area (Å²) in [6.07, 6.45) is 0.841. The third-order valence-corrected chi connectivity index (χ3v) is 6.08. The molecule has 5 aromatic rings. The number of thiazole rings is 1. The lowest BCUT2D eigenvalue weighted by molar-refractivity contribution is 0.102. The predicted molar refractivity (Wildman–Crippen MR) is 138 cm³/mol. The fourth-order valence-electron chi connectivity index (χ4n) is 3.56. The zero-order valence-corrected chi connectivity index (χ0v) is 19.2. The first kappa shape index (κ1) is 21.6. The number of nitrogens with one attached hydrogen (secondary N) is 1. The van der Waals surface area contributed by atoms with Crippen molar-refractivity contribution < 1.29 is 9.53 Å². The second-order valence-electron chi connectivity index (χ2n) is 7.79. The highest BCUT2D eigenvalue weighted by atomic mass is 32.1. The highest BCUT2D eigenvalue weighted by Gasteiger charge is 2.11. The molecule has 0 unspecified atom stereocenters. The first-order valence-corrected chi connectivity index (χ1v) is 11.8. The van der Waals surface area contributed by atoms with Crippen LogP contribution in [-0.4, -0.2) is 10.9 Å². The summed E-state index contributed by atoms with van der Waals surface area (Å²) >= 11 is 1.40. The molecule has 0 atom stereocenters. The molecule has 1 aromatic heterocycles. The van der Waals surface area contributed by atoms with Crippen molar-refractivity contribution in [2.45, 2.75) is 6.42 Å². The molecule has 0 saturated carbocycles. The minimum Gasteiger partial charge on any atom is -0.457 e. The molecule has 0 radical (unpaired) electrons. The zero-order chi connectivity index (χ0) is 23.2. The van der Waals surface area contributed by atoms with Crippen LogP contribution in [0.4, 0.5) is 5.13 Å². The third-order valence-electron chi connectivity index (χ3n) is 5.32. The molecule has 0 spiro atoms. The summed E-state index contributed by atoms with van der Waals surface area (Å²) in [7, 11) is 0. The molecule has 34 heavy (non-hydrogen) atoms. The second kappa shape index (κ2) is 10.1. The van der Waals surface area contributed by atoms with Gasteiger partial charge in [0.1, 0.15) is 11.5 Å². The van der Waals surface area contributed by atoms with Crippen molar-refractivity contribution in [2.75, 3.05) is 5.32 Å². The maximum Gasteiger partial charge on any atom is 0.257 e. The number of rotatable bonds is 7. The fraction of sp³-hybridized carbons (Fsp3) is 0.0345. The standard InChI is InChI=1S/C29H22N2O2S/c32-28(24-13-11-22(12-14-24)19-21-7-3-1-4-8-21)31-29-30-27(20-34-29)23-15-17-26(18-16-23)33-25-9-5-2-6-10-25/h1-18,20H,19H2,(H,30,31,32). The minimum absolute atomic E-state index is 0.168. The molecule has 166 valence electrons. The number of para-hydroxylation sites is 1. The van der Waals surface area contributed by atoms with E-state index in [9.17, 15) is 4.79 Å². The van der Waals surface area contributed by atoms with E-state index in [1.807, 2.05) is 102 Å². The Morgan fingerprint density at radius 2 is 1.35 bits per heavy atom. The van der Waals surface area contributed by atoms with Crippen LogP contribution in [0.15, 0.2) is 115 Å². The molecule has 0 aliphatic carbocycles. The van der Waals surface area contributed by atoms with Crippen LogP contribution in [0.3, 0.4) is 0 Å². The van der Waals surface area contributed by atoms with Crippen molar-refractivity contribution in [3.05, 3.63) is 131 Å². The number of hydrogen-bond acceptors (Lipinski definition) is 4. The van der Waals surface area contributed by atoms with Crippen LogP contribution < -0.4 is 10.1 Å². The van der Waals surface area contributed by atoms with Crippen molar-refractivity contribution in [3.63, 3.8) is 0 Å². The smallest absolute Gasteiger partial charge is 0.257 e. The molecule has 0 aliphatic rings. The molecular formula is C29H22N2O2S. The Bertz CT molecular complexity index is 1360. The molecule has 1 N–H and O–H groups in total. The largest absolute Gasteiger partial charge is 0.457 e. The van der Waals surface area contributed by atoms with Crippen molar-refractivity contribution in [1.29, 1.82) is 0 Å². The normalized spacial score (nSPS) is 10.6. The minimum atomic E-state index is -0.168. The van der Waals surface area contributed by atoms with Gasteiger partial charge in [0.2, 0.25) is 0 Å². The molecule has 0 saturated heterocycles. The molecule has 0 fully saturated rings. The summed E-state index contributed by atoms with van der Waals surface area (Å²) in [5.74, 6) is 1.38. The molecule has 4 nitrogen and oxygen atoms in total. The molecule has 1 amide bonds. The maximum absolute atomic E-state index is 12.7. The second-order valence-corrected chi connectivity index (χ2v) is 8.65. The summed E-state index contributed by atoms with van der Waals surface area (Å²) in [4.78, 5) is 17.3. The van der Waals surface area contributed by atoms with Crippen LogP contribution in [0, 0.1) is 0 Å². The van der Waals surface area contributed by atoms with Gasteiger partial charge in [0.25, 0.3) is 5.91 Å². The molecule has 4 aromatic carbocycles. The molecule has 5 rings (SSSR count). The Morgan fingerprint density at radius 1 is 0.735 bits per heavy atom. The molecule has 5 heteroatoms. The Morgan fingerprint density at radius 3 is 2.06 bits per heavy atom. The lowest BCUT2D eigenvalue weighted by Crippen LogP contribution is -2.11. The van der Waals surface area contributed by atoms with Crippen LogP contribution in [-0.2, 0) is 6.42 Å². The van der Waals surface area contributed by atoms with Crippen LogP contribution in [0.5, 0.6) is 11.5 Å². The quantitative estimate of drug-likeness (QED) is 0.273. The first-order valence-electron chi connectivity index (χ1n) is 11.0. The number of ether oxygens (including phenoxy) is 1. The summed E-state index contributed by atoms with van der Waals surface area (Å²) in [6.45, 7) is 0. The molecule has 0 bridgehead atoms. The number of carbonyl (C=O) groups is 1. The first-order chi connectivity index (χ1) is 16.7. The van der Waals surface area contributed by atoms with E-state index in [0.29, 0.717) is 10.7 Å². The number of benzene rings is 4. The van der Waals surface area contributed by atoms with Gasteiger partial charge < -0.3 is 4.74 Å². The van der Waals surface area contributed by atoms with E-state index in [2.05, 4.69) is 22.4 Å². The van der Waals surface area contributed by atoms with Gasteiger partial charge in [-0.25, -0.2) is 4.98 Å². The average Bonchev–Trinajstić information content (AvgIpc) is 3.34. The lowest BCUT2D eigenvalue weighted by Gasteiger charge is -2.06. The van der Waals surface area contributed by atoms with E-state index >= 15 is 0 Å². The maximum atomic E-state index is 12.7. The highest BCUT2D eigenvalue weighted by molar-refractivity contribution is 7.14. The number of aromatic nitrogens is 1. The van der Waals surface area contributed by atoms with Crippen LogP contribution in [0.2, 0.25) is 0 Å². The van der Waals surface area contributed by atoms with Gasteiger partial charge in [-0.1, -0.05) is 60.7 Å². The average molecular weight is 463 g/mol. The molecule has 0 aliphatic heterocycles. The molecule has 1 heterocycles. The summed E-state index contributed by atoms with van der Waals surface area (Å²) in [5.41, 5.74) is 4.79. The van der Waals surface area contributed by atoms with Crippen LogP contribution >= 0.6 is 11.3 Å². The molecular weight excluding hydrogens is 440 g/mol. The lowest BCUT2D eigenvalue weighted by atomic mass is 10.0. The Kier molecular flexibility index (Phi) is 6.45. The van der Waals surface area contributed by atoms with Gasteiger partial charge in [-0.3, -0.25) is 10.1 Å². The number of carbonyl (C=O) groups excluding carboxylic acids is 1. The van der Waals surface area contributed by atoms with Crippen LogP contribution in [0.25, 0.3) is 11.3 Å². The highest BCUT2D eigenvalue weighted by Crippen LogP contribution is 2.28. The van der Waals surface area contributed by atoms with E-state index in [0.717, 1.165) is 29.2 Å². The van der Waals surface area contributed by atoms with Crippen molar-refractivity contribution in [1.82, 2.24) is 4.98 Å². The van der Waals surface area contributed by atoms with E-state index in [1.165, 1.54) is 22.5 Å². The summed E-state index contributed by atoms with van der Waals surface area (Å²) < 4.78 is 5.84. The van der Waals surface area contributed by atoms with Crippen LogP contribution in [0.1, 0.15) is 21.5 Å². The Balaban J connectivity index is 1.20. The summed E-state index contributed by atoms with van der Waals surface area (Å²) in [5, 5.41) is 5.41. The number of amides is 1. The SMILES string of the molecule is O=C(Nc1nc(-c2ccc(Oc3ccccc3)cc2)cs1)c1ccc(Cc2ccccc2)cc1. The van der Waals surface area contributed by atoms with Gasteiger partial charge in [0, 0.05) is 16.5 Å². The van der Waals surface area contributed by atoms with Gasteiger partial charge in [-0.05, 0) is 66.1 Å². The van der Waals surface area contributed by atoms with E-state index in [-0.39, 0.29) is 5.91 Å². The van der Waals surface area contributed by atoms with Gasteiger partial charge in [-0.2, -0.15) is 0 Å². The number of anilines is 1. The zero-order valence-electron chi connectivity index (χ0n) is 18.3. The topological polar surface area (TPSA) is 51.2 Å².